The van der Waals surface area contributed by atoms with E-state index in [1.807, 2.05) is 0 Å². The average molecular weight is 308 g/mol. The molecule has 0 radical (unpaired) electrons. The van der Waals surface area contributed by atoms with E-state index in [9.17, 15) is 0 Å². The van der Waals surface area contributed by atoms with Gasteiger partial charge in [-0.2, -0.15) is 9.47 Å². The van der Waals surface area contributed by atoms with Gasteiger partial charge in [-0.25, -0.2) is 9.97 Å². The Kier molecular flexibility index (Phi) is 2.45. The van der Waals surface area contributed by atoms with Crippen LogP contribution in [0.15, 0.2) is 30.6 Å². The minimum absolute atomic E-state index is 0.611. The van der Waals surface area contributed by atoms with Crippen molar-refractivity contribution >= 4 is 44.3 Å². The van der Waals surface area contributed by atoms with Crippen molar-refractivity contribution in [2.45, 2.75) is 18.8 Å². The molecule has 4 aromatic rings. The van der Waals surface area contributed by atoms with Crippen LogP contribution in [0.2, 0.25) is 0 Å². The lowest BCUT2D eigenvalue weighted by Gasteiger charge is -2.04. The molecule has 5 rings (SSSR count). The molecule has 1 aliphatic rings. The maximum Gasteiger partial charge on any atom is 0.201 e. The first-order valence-electron chi connectivity index (χ1n) is 7.20. The summed E-state index contributed by atoms with van der Waals surface area (Å²) in [5.41, 5.74) is 3.62. The largest absolute Gasteiger partial charge is 0.339 e. The highest BCUT2D eigenvalue weighted by atomic mass is 32.1. The molecule has 0 saturated heterocycles. The van der Waals surface area contributed by atoms with Crippen LogP contribution in [0.1, 0.15) is 24.5 Å². The van der Waals surface area contributed by atoms with Crippen molar-refractivity contribution in [3.8, 4) is 0 Å². The lowest BCUT2D eigenvalue weighted by molar-refractivity contribution is 1.09. The lowest BCUT2D eigenvalue weighted by Crippen LogP contribution is -1.91. The Balaban J connectivity index is 1.53. The van der Waals surface area contributed by atoms with E-state index in [-0.39, 0.29) is 0 Å². The average Bonchev–Trinajstić information content (AvgIpc) is 3.19. The molecule has 108 valence electrons. The van der Waals surface area contributed by atoms with Crippen LogP contribution in [0, 0.1) is 0 Å². The van der Waals surface area contributed by atoms with Gasteiger partial charge in [-0.05, 0) is 42.6 Å². The van der Waals surface area contributed by atoms with Gasteiger partial charge in [-0.1, -0.05) is 0 Å². The number of fused-ring (bicyclic) bond motifs is 2. The molecule has 3 heterocycles. The van der Waals surface area contributed by atoms with Crippen molar-refractivity contribution < 1.29 is 0 Å². The van der Waals surface area contributed by atoms with Crippen molar-refractivity contribution in [1.29, 1.82) is 0 Å². The van der Waals surface area contributed by atoms with E-state index in [1.54, 1.807) is 23.9 Å². The highest BCUT2D eigenvalue weighted by molar-refractivity contribution is 7.13. The Labute approximate surface area is 129 Å². The number of benzene rings is 1. The van der Waals surface area contributed by atoms with Crippen LogP contribution < -0.4 is 5.32 Å². The molecule has 0 amide bonds. The van der Waals surface area contributed by atoms with Crippen LogP contribution in [0.25, 0.3) is 21.3 Å². The summed E-state index contributed by atoms with van der Waals surface area (Å²) < 4.78 is 5.83. The maximum atomic E-state index is 4.62. The molecule has 1 saturated carbocycles. The van der Waals surface area contributed by atoms with Gasteiger partial charge in [-0.15, -0.1) is 0 Å². The van der Waals surface area contributed by atoms with Crippen LogP contribution in [-0.4, -0.2) is 24.5 Å². The van der Waals surface area contributed by atoms with Crippen molar-refractivity contribution in [3.63, 3.8) is 0 Å². The Morgan fingerprint density at radius 1 is 1.18 bits per heavy atom. The fourth-order valence-electron chi connectivity index (χ4n) is 2.67. The second kappa shape index (κ2) is 4.48. The molecular formula is C15H12N6S. The summed E-state index contributed by atoms with van der Waals surface area (Å²) >= 11 is 1.57. The first-order valence-corrected chi connectivity index (χ1v) is 7.97. The van der Waals surface area contributed by atoms with Crippen LogP contribution in [0.4, 0.5) is 11.5 Å². The Hall–Kier alpha value is -2.54. The number of aromatic amines is 1. The normalized spacial score (nSPS) is 14.7. The van der Waals surface area contributed by atoms with E-state index in [0.717, 1.165) is 17.0 Å². The molecule has 3 aromatic heterocycles. The predicted molar refractivity (Wildman–Crippen MR) is 86.6 cm³/mol. The van der Waals surface area contributed by atoms with E-state index in [4.69, 9.17) is 0 Å². The van der Waals surface area contributed by atoms with E-state index >= 15 is 0 Å². The van der Waals surface area contributed by atoms with Gasteiger partial charge in [0.15, 0.2) is 11.3 Å². The summed E-state index contributed by atoms with van der Waals surface area (Å²) in [7, 11) is 0. The Morgan fingerprint density at radius 2 is 2.09 bits per heavy atom. The molecule has 0 atom stereocenters. The fourth-order valence-corrected chi connectivity index (χ4v) is 3.56. The molecule has 7 heteroatoms. The summed E-state index contributed by atoms with van der Waals surface area (Å²) in [6.45, 7) is 0. The van der Waals surface area contributed by atoms with Crippen LogP contribution in [0.5, 0.6) is 0 Å². The van der Waals surface area contributed by atoms with Gasteiger partial charge in [0, 0.05) is 29.4 Å². The molecular weight excluding hydrogens is 296 g/mol. The van der Waals surface area contributed by atoms with Crippen LogP contribution in [-0.2, 0) is 0 Å². The molecule has 0 bridgehead atoms. The molecule has 2 N–H and O–H groups in total. The number of hydrogen-bond acceptors (Lipinski definition) is 6. The molecule has 0 spiro atoms. The maximum absolute atomic E-state index is 4.62. The fraction of sp³-hybridized carbons (Fsp3) is 0.200. The number of nitrogens with one attached hydrogen (secondary N) is 2. The number of nitrogens with zero attached hydrogens (tertiary/aromatic N) is 4. The standard InChI is InChI=1S/C15H12N6S/c1-2-8(1)12-10-4-3-9(7-11(10)22-21-12)18-15-13-14(19-20-15)17-6-5-16-13/h3-8H,1-2H2,(H2,17,18,19,20). The monoisotopic (exact) mass is 308 g/mol. The minimum atomic E-state index is 0.611. The van der Waals surface area contributed by atoms with E-state index < -0.39 is 0 Å². The highest BCUT2D eigenvalue weighted by Crippen LogP contribution is 2.43. The lowest BCUT2D eigenvalue weighted by atomic mass is 10.1. The molecule has 22 heavy (non-hydrogen) atoms. The van der Waals surface area contributed by atoms with E-state index in [1.165, 1.54) is 28.6 Å². The summed E-state index contributed by atoms with van der Waals surface area (Å²) in [5.74, 6) is 1.44. The van der Waals surface area contributed by atoms with E-state index in [0.29, 0.717) is 11.6 Å². The number of rotatable bonds is 3. The van der Waals surface area contributed by atoms with Gasteiger partial charge in [0.25, 0.3) is 0 Å². The van der Waals surface area contributed by atoms with Gasteiger partial charge in [0.05, 0.1) is 10.4 Å². The summed E-state index contributed by atoms with van der Waals surface area (Å²) in [4.78, 5) is 8.48. The summed E-state index contributed by atoms with van der Waals surface area (Å²) in [6, 6.07) is 6.35. The van der Waals surface area contributed by atoms with Gasteiger partial charge < -0.3 is 5.32 Å². The number of hydrogen-bond donors (Lipinski definition) is 2. The third-order valence-electron chi connectivity index (χ3n) is 3.92. The summed E-state index contributed by atoms with van der Waals surface area (Å²) in [6.07, 6.45) is 5.85. The topological polar surface area (TPSA) is 79.4 Å². The first kappa shape index (κ1) is 12.0. The van der Waals surface area contributed by atoms with Gasteiger partial charge in [-0.3, -0.25) is 5.10 Å². The molecule has 6 nitrogen and oxygen atoms in total. The predicted octanol–water partition coefficient (Wildman–Crippen LogP) is 3.58. The third-order valence-corrected chi connectivity index (χ3v) is 4.75. The van der Waals surface area contributed by atoms with Crippen molar-refractivity contribution in [2.24, 2.45) is 0 Å². The Bertz CT molecular complexity index is 984. The van der Waals surface area contributed by atoms with Crippen molar-refractivity contribution in [1.82, 2.24) is 24.5 Å². The molecule has 0 aliphatic heterocycles. The molecule has 1 aliphatic carbocycles. The smallest absolute Gasteiger partial charge is 0.201 e. The number of H-pyrrole nitrogens is 1. The number of anilines is 2. The van der Waals surface area contributed by atoms with Crippen molar-refractivity contribution in [2.75, 3.05) is 5.32 Å². The molecule has 1 fully saturated rings. The van der Waals surface area contributed by atoms with Crippen molar-refractivity contribution in [3.05, 3.63) is 36.3 Å². The van der Waals surface area contributed by atoms with Gasteiger partial charge in [0.1, 0.15) is 0 Å². The zero-order valence-corrected chi connectivity index (χ0v) is 12.4. The zero-order chi connectivity index (χ0) is 14.5. The minimum Gasteiger partial charge on any atom is -0.339 e. The second-order valence-electron chi connectivity index (χ2n) is 5.51. The first-order chi connectivity index (χ1) is 10.9. The quantitative estimate of drug-likeness (QED) is 0.604. The van der Waals surface area contributed by atoms with Crippen LogP contribution >= 0.6 is 11.5 Å². The zero-order valence-electron chi connectivity index (χ0n) is 11.6. The third kappa shape index (κ3) is 1.86. The van der Waals surface area contributed by atoms with E-state index in [2.05, 4.69) is 48.1 Å². The van der Waals surface area contributed by atoms with Gasteiger partial charge in [0.2, 0.25) is 5.65 Å². The molecule has 0 unspecified atom stereocenters. The summed E-state index contributed by atoms with van der Waals surface area (Å²) in [5, 5.41) is 11.7. The van der Waals surface area contributed by atoms with Crippen LogP contribution in [0.3, 0.4) is 0 Å². The highest BCUT2D eigenvalue weighted by Gasteiger charge is 2.27. The number of aromatic nitrogens is 5. The molecule has 1 aromatic carbocycles. The Morgan fingerprint density at radius 3 is 3.00 bits per heavy atom. The second-order valence-corrected chi connectivity index (χ2v) is 6.31. The van der Waals surface area contributed by atoms with Gasteiger partial charge >= 0.3 is 0 Å². The SMILES string of the molecule is c1cnc2c(Nc3ccc4c(C5CC5)nsc4c3)[nH]nc2n1.